The zero-order valence-electron chi connectivity index (χ0n) is 17.3. The zero-order valence-corrected chi connectivity index (χ0v) is 17.3. The van der Waals surface area contributed by atoms with Crippen molar-refractivity contribution in [1.29, 1.82) is 0 Å². The number of hydrogen-bond donors (Lipinski definition) is 1. The fourth-order valence-electron chi connectivity index (χ4n) is 3.47. The van der Waals surface area contributed by atoms with Crippen LogP contribution in [0, 0.1) is 0 Å². The van der Waals surface area contributed by atoms with Crippen molar-refractivity contribution >= 4 is 23.3 Å². The topological polar surface area (TPSA) is 91.3 Å². The molecular weight excluding hydrogens is 437 g/mol. The number of rotatable bonds is 4. The number of carbonyl (C=O) groups excluding carboxylic acids is 2. The summed E-state index contributed by atoms with van der Waals surface area (Å²) in [5, 5.41) is 10.7. The summed E-state index contributed by atoms with van der Waals surface area (Å²) in [6.45, 7) is 1.21. The molecule has 1 N–H and O–H groups in total. The maximum atomic E-state index is 13.2. The molecule has 3 aromatic rings. The molecule has 0 spiro atoms. The molecule has 4 rings (SSSR count). The minimum atomic E-state index is -4.60. The summed E-state index contributed by atoms with van der Waals surface area (Å²) in [6, 6.07) is 11.3. The lowest BCUT2D eigenvalue weighted by Crippen LogP contribution is -2.49. The third kappa shape index (κ3) is 5.08. The largest absolute Gasteiger partial charge is 0.417 e. The van der Waals surface area contributed by atoms with Crippen LogP contribution in [0.15, 0.2) is 60.9 Å². The summed E-state index contributed by atoms with van der Waals surface area (Å²) in [7, 11) is 0. The number of benzene rings is 1. The highest BCUT2D eigenvalue weighted by Crippen LogP contribution is 2.32. The van der Waals surface area contributed by atoms with Gasteiger partial charge in [-0.3, -0.25) is 14.6 Å². The molecule has 0 aliphatic carbocycles. The van der Waals surface area contributed by atoms with Crippen molar-refractivity contribution in [2.45, 2.75) is 6.18 Å². The number of carbonyl (C=O) groups is 2. The van der Waals surface area contributed by atoms with Crippen LogP contribution in [0.25, 0.3) is 0 Å². The summed E-state index contributed by atoms with van der Waals surface area (Å²) in [5.41, 5.74) is -0.589. The summed E-state index contributed by atoms with van der Waals surface area (Å²) in [5.74, 6) is -0.561. The van der Waals surface area contributed by atoms with Gasteiger partial charge in [-0.1, -0.05) is 12.1 Å². The van der Waals surface area contributed by atoms with E-state index in [9.17, 15) is 22.8 Å². The molecule has 0 radical (unpaired) electrons. The van der Waals surface area contributed by atoms with Gasteiger partial charge in [0, 0.05) is 44.3 Å². The number of aromatic nitrogens is 3. The third-order valence-corrected chi connectivity index (χ3v) is 5.18. The molecule has 0 saturated carbocycles. The van der Waals surface area contributed by atoms with Crippen LogP contribution in [-0.2, 0) is 6.18 Å². The van der Waals surface area contributed by atoms with Gasteiger partial charge in [0.2, 0.25) is 0 Å². The first-order valence-corrected chi connectivity index (χ1v) is 10.1. The van der Waals surface area contributed by atoms with Gasteiger partial charge < -0.3 is 15.1 Å². The van der Waals surface area contributed by atoms with Crippen LogP contribution in [0.4, 0.5) is 24.7 Å². The van der Waals surface area contributed by atoms with Gasteiger partial charge in [0.15, 0.2) is 11.5 Å². The number of pyridine rings is 1. The minimum Gasteiger partial charge on any atom is -0.352 e. The van der Waals surface area contributed by atoms with E-state index in [1.807, 2.05) is 4.90 Å². The predicted molar refractivity (Wildman–Crippen MR) is 114 cm³/mol. The number of nitrogens with zero attached hydrogens (tertiary/aromatic N) is 5. The molecule has 11 heteroatoms. The Kier molecular flexibility index (Phi) is 6.20. The number of nitrogens with one attached hydrogen (secondary N) is 1. The molecule has 1 saturated heterocycles. The third-order valence-electron chi connectivity index (χ3n) is 5.18. The highest BCUT2D eigenvalue weighted by molar-refractivity contribution is 6.02. The number of piperazine rings is 1. The van der Waals surface area contributed by atoms with E-state index < -0.39 is 23.6 Å². The molecule has 0 bridgehead atoms. The second-order valence-electron chi connectivity index (χ2n) is 7.29. The lowest BCUT2D eigenvalue weighted by atomic mass is 10.1. The molecule has 2 aromatic heterocycles. The molecule has 1 fully saturated rings. The van der Waals surface area contributed by atoms with E-state index in [1.54, 1.807) is 30.6 Å². The maximum absolute atomic E-state index is 13.2. The van der Waals surface area contributed by atoms with E-state index in [4.69, 9.17) is 0 Å². The highest BCUT2D eigenvalue weighted by Gasteiger charge is 2.36. The Morgan fingerprint density at radius 2 is 1.58 bits per heavy atom. The standard InChI is InChI=1S/C22H19F3N6O2/c23-22(24,25)17-4-2-1-3-16(17)21(33)31-13-11-30(12-14-31)19-6-5-18(28-29-19)20(32)27-15-7-9-26-10-8-15/h1-10H,11-14H2,(H,26,27,32). The number of hydrogen-bond acceptors (Lipinski definition) is 6. The van der Waals surface area contributed by atoms with Crippen LogP contribution in [-0.4, -0.2) is 58.1 Å². The Morgan fingerprint density at radius 1 is 0.879 bits per heavy atom. The first-order valence-electron chi connectivity index (χ1n) is 10.1. The summed E-state index contributed by atoms with van der Waals surface area (Å²) < 4.78 is 39.7. The van der Waals surface area contributed by atoms with Crippen molar-refractivity contribution < 1.29 is 22.8 Å². The van der Waals surface area contributed by atoms with Crippen molar-refractivity contribution in [3.63, 3.8) is 0 Å². The molecule has 1 aliphatic rings. The van der Waals surface area contributed by atoms with E-state index >= 15 is 0 Å². The van der Waals surface area contributed by atoms with Gasteiger partial charge in [-0.15, -0.1) is 10.2 Å². The second kappa shape index (κ2) is 9.23. The Bertz CT molecular complexity index is 1130. The molecule has 0 unspecified atom stereocenters. The molecule has 170 valence electrons. The monoisotopic (exact) mass is 456 g/mol. The SMILES string of the molecule is O=C(Nc1ccncc1)c1ccc(N2CCN(C(=O)c3ccccc3C(F)(F)F)CC2)nn1. The van der Waals surface area contributed by atoms with E-state index in [0.717, 1.165) is 6.07 Å². The summed E-state index contributed by atoms with van der Waals surface area (Å²) in [4.78, 5) is 32.1. The van der Waals surface area contributed by atoms with Crippen molar-refractivity contribution in [2.75, 3.05) is 36.4 Å². The van der Waals surface area contributed by atoms with Crippen LogP contribution >= 0.6 is 0 Å². The zero-order chi connectivity index (χ0) is 23.4. The average Bonchev–Trinajstić information content (AvgIpc) is 2.84. The average molecular weight is 456 g/mol. The molecule has 3 heterocycles. The number of halogens is 3. The summed E-state index contributed by atoms with van der Waals surface area (Å²) >= 11 is 0. The highest BCUT2D eigenvalue weighted by atomic mass is 19.4. The van der Waals surface area contributed by atoms with Crippen molar-refractivity contribution in [2.24, 2.45) is 0 Å². The van der Waals surface area contributed by atoms with Crippen LogP contribution in [0.5, 0.6) is 0 Å². The predicted octanol–water partition coefficient (Wildman–Crippen LogP) is 3.11. The number of alkyl halides is 3. The smallest absolute Gasteiger partial charge is 0.352 e. The van der Waals surface area contributed by atoms with Gasteiger partial charge in [0.05, 0.1) is 11.1 Å². The fourth-order valence-corrected chi connectivity index (χ4v) is 3.47. The van der Waals surface area contributed by atoms with Crippen molar-refractivity contribution in [3.8, 4) is 0 Å². The quantitative estimate of drug-likeness (QED) is 0.649. The summed E-state index contributed by atoms with van der Waals surface area (Å²) in [6.07, 6.45) is -1.50. The van der Waals surface area contributed by atoms with Crippen LogP contribution in [0.3, 0.4) is 0 Å². The Morgan fingerprint density at radius 3 is 2.21 bits per heavy atom. The van der Waals surface area contributed by atoms with Gasteiger partial charge in [0.1, 0.15) is 0 Å². The second-order valence-corrected chi connectivity index (χ2v) is 7.29. The Hall–Kier alpha value is -4.02. The molecule has 8 nitrogen and oxygen atoms in total. The first kappa shape index (κ1) is 22.2. The van der Waals surface area contributed by atoms with E-state index in [-0.39, 0.29) is 24.3 Å². The number of amides is 2. The fraction of sp³-hybridized carbons (Fsp3) is 0.227. The van der Waals surface area contributed by atoms with Crippen LogP contribution in [0.1, 0.15) is 26.4 Å². The number of anilines is 2. The van der Waals surface area contributed by atoms with Gasteiger partial charge >= 0.3 is 6.18 Å². The molecule has 33 heavy (non-hydrogen) atoms. The van der Waals surface area contributed by atoms with Crippen molar-refractivity contribution in [1.82, 2.24) is 20.1 Å². The van der Waals surface area contributed by atoms with Gasteiger partial charge in [-0.2, -0.15) is 13.2 Å². The van der Waals surface area contributed by atoms with E-state index in [0.29, 0.717) is 24.6 Å². The molecule has 1 aliphatic heterocycles. The van der Waals surface area contributed by atoms with E-state index in [1.165, 1.54) is 29.2 Å². The molecule has 1 aromatic carbocycles. The van der Waals surface area contributed by atoms with Crippen molar-refractivity contribution in [3.05, 3.63) is 77.7 Å². The Balaban J connectivity index is 1.37. The first-order chi connectivity index (χ1) is 15.8. The maximum Gasteiger partial charge on any atom is 0.417 e. The lowest BCUT2D eigenvalue weighted by molar-refractivity contribution is -0.138. The van der Waals surface area contributed by atoms with Crippen LogP contribution in [0.2, 0.25) is 0 Å². The van der Waals surface area contributed by atoms with Gasteiger partial charge in [-0.05, 0) is 36.4 Å². The lowest BCUT2D eigenvalue weighted by Gasteiger charge is -2.35. The minimum absolute atomic E-state index is 0.133. The van der Waals surface area contributed by atoms with Gasteiger partial charge in [-0.25, -0.2) is 0 Å². The molecular formula is C22H19F3N6O2. The molecule has 2 amide bonds. The Labute approximate surface area is 187 Å². The normalized spacial score (nSPS) is 14.2. The van der Waals surface area contributed by atoms with Gasteiger partial charge in [0.25, 0.3) is 11.8 Å². The van der Waals surface area contributed by atoms with Crippen LogP contribution < -0.4 is 10.2 Å². The molecule has 0 atom stereocenters. The van der Waals surface area contributed by atoms with E-state index in [2.05, 4.69) is 20.5 Å².